The van der Waals surface area contributed by atoms with E-state index in [-0.39, 0.29) is 18.3 Å². The molecule has 4 aromatic rings. The Morgan fingerprint density at radius 2 is 1.59 bits per heavy atom. The van der Waals surface area contributed by atoms with Crippen molar-refractivity contribution in [2.75, 3.05) is 5.32 Å². The molecule has 0 saturated carbocycles. The van der Waals surface area contributed by atoms with Gasteiger partial charge in [0.15, 0.2) is 12.4 Å². The van der Waals surface area contributed by atoms with Gasteiger partial charge in [-0.05, 0) is 41.5 Å². The summed E-state index contributed by atoms with van der Waals surface area (Å²) in [7, 11) is 0. The van der Waals surface area contributed by atoms with Gasteiger partial charge in [0.05, 0.1) is 10.7 Å². The van der Waals surface area contributed by atoms with Crippen LogP contribution in [0.2, 0.25) is 5.02 Å². The van der Waals surface area contributed by atoms with Gasteiger partial charge in [-0.1, -0.05) is 66.2 Å². The molecular formula is C23H18ClN3O2. The second kappa shape index (κ2) is 8.63. The predicted molar refractivity (Wildman–Crippen MR) is 114 cm³/mol. The molecule has 3 aromatic carbocycles. The third-order valence-corrected chi connectivity index (χ3v) is 4.65. The van der Waals surface area contributed by atoms with Crippen LogP contribution in [0.15, 0.2) is 91.1 Å². The first-order valence-corrected chi connectivity index (χ1v) is 9.44. The minimum absolute atomic E-state index is 0.198. The largest absolute Gasteiger partial charge is 0.471 e. The number of amides is 1. The van der Waals surface area contributed by atoms with Crippen LogP contribution < -0.4 is 10.1 Å². The number of carbonyl (C=O) groups is 1. The fourth-order valence-electron chi connectivity index (χ4n) is 2.82. The van der Waals surface area contributed by atoms with Gasteiger partial charge in [0.25, 0.3) is 5.91 Å². The van der Waals surface area contributed by atoms with E-state index in [1.807, 2.05) is 42.5 Å². The Morgan fingerprint density at radius 3 is 2.34 bits per heavy atom. The minimum atomic E-state index is -0.330. The summed E-state index contributed by atoms with van der Waals surface area (Å²) in [5.41, 5.74) is 3.10. The van der Waals surface area contributed by atoms with Crippen molar-refractivity contribution in [3.05, 3.63) is 102 Å². The molecule has 0 bridgehead atoms. The number of para-hydroxylation sites is 1. The van der Waals surface area contributed by atoms with E-state index in [0.717, 1.165) is 16.9 Å². The molecule has 0 aliphatic carbocycles. The predicted octanol–water partition coefficient (Wildman–Crippen LogP) is 5.49. The number of anilines is 1. The van der Waals surface area contributed by atoms with Crippen LogP contribution >= 0.6 is 11.6 Å². The molecule has 0 aliphatic rings. The van der Waals surface area contributed by atoms with Gasteiger partial charge in [-0.2, -0.15) is 5.10 Å². The van der Waals surface area contributed by atoms with Gasteiger partial charge in [-0.3, -0.25) is 4.79 Å². The highest BCUT2D eigenvalue weighted by atomic mass is 35.5. The van der Waals surface area contributed by atoms with Gasteiger partial charge in [0, 0.05) is 6.20 Å². The molecule has 5 nitrogen and oxygen atoms in total. The lowest BCUT2D eigenvalue weighted by Crippen LogP contribution is -2.14. The van der Waals surface area contributed by atoms with E-state index in [1.54, 1.807) is 41.2 Å². The van der Waals surface area contributed by atoms with Crippen LogP contribution in [0.3, 0.4) is 0 Å². The molecule has 1 heterocycles. The highest BCUT2D eigenvalue weighted by molar-refractivity contribution is 6.33. The molecule has 0 atom stereocenters. The number of ether oxygens (including phenoxy) is 1. The molecule has 144 valence electrons. The fraction of sp³-hybridized carbons (Fsp3) is 0.0435. The summed E-state index contributed by atoms with van der Waals surface area (Å²) in [4.78, 5) is 12.3. The first-order valence-electron chi connectivity index (χ1n) is 9.07. The molecule has 0 saturated heterocycles. The normalized spacial score (nSPS) is 10.5. The van der Waals surface area contributed by atoms with Gasteiger partial charge in [0.2, 0.25) is 0 Å². The van der Waals surface area contributed by atoms with Crippen LogP contribution in [0.25, 0.3) is 11.1 Å². The number of carbonyl (C=O) groups excluding carboxylic acids is 1. The van der Waals surface area contributed by atoms with Crippen molar-refractivity contribution in [2.24, 2.45) is 0 Å². The molecule has 0 unspecified atom stereocenters. The molecule has 29 heavy (non-hydrogen) atoms. The van der Waals surface area contributed by atoms with Crippen LogP contribution in [-0.4, -0.2) is 15.7 Å². The van der Waals surface area contributed by atoms with E-state index >= 15 is 0 Å². The molecule has 6 heteroatoms. The first kappa shape index (κ1) is 18.8. The fourth-order valence-corrected chi connectivity index (χ4v) is 3.00. The molecule has 4 rings (SSSR count). The Balaban J connectivity index is 1.36. The van der Waals surface area contributed by atoms with E-state index in [0.29, 0.717) is 10.7 Å². The molecule has 1 aromatic heterocycles. The molecule has 0 spiro atoms. The zero-order valence-corrected chi connectivity index (χ0v) is 16.2. The summed E-state index contributed by atoms with van der Waals surface area (Å²) >= 11 is 6.07. The summed E-state index contributed by atoms with van der Waals surface area (Å²) in [5, 5.41) is 7.48. The molecule has 0 aliphatic heterocycles. The summed E-state index contributed by atoms with van der Waals surface area (Å²) < 4.78 is 7.32. The average Bonchev–Trinajstić information content (AvgIpc) is 3.24. The van der Waals surface area contributed by atoms with Crippen LogP contribution in [0.5, 0.6) is 5.75 Å². The Kier molecular flexibility index (Phi) is 5.59. The van der Waals surface area contributed by atoms with Crippen molar-refractivity contribution in [3.63, 3.8) is 0 Å². The number of aromatic nitrogens is 2. The second-order valence-corrected chi connectivity index (χ2v) is 6.75. The quantitative estimate of drug-likeness (QED) is 0.463. The maximum atomic E-state index is 12.3. The van der Waals surface area contributed by atoms with Crippen LogP contribution in [0.4, 0.5) is 5.69 Å². The van der Waals surface area contributed by atoms with Gasteiger partial charge in [-0.15, -0.1) is 0 Å². The molecule has 0 radical (unpaired) electrons. The average molecular weight is 404 g/mol. The lowest BCUT2D eigenvalue weighted by molar-refractivity contribution is 0.102. The van der Waals surface area contributed by atoms with Gasteiger partial charge in [-0.25, -0.2) is 4.68 Å². The van der Waals surface area contributed by atoms with Crippen molar-refractivity contribution >= 4 is 23.2 Å². The van der Waals surface area contributed by atoms with Crippen molar-refractivity contribution in [1.29, 1.82) is 0 Å². The zero-order valence-electron chi connectivity index (χ0n) is 15.5. The maximum absolute atomic E-state index is 12.3. The smallest absolute Gasteiger partial charge is 0.276 e. The summed E-state index contributed by atoms with van der Waals surface area (Å²) in [6, 6.07) is 26.7. The number of rotatable bonds is 6. The zero-order chi connectivity index (χ0) is 20.1. The van der Waals surface area contributed by atoms with Crippen molar-refractivity contribution in [1.82, 2.24) is 9.78 Å². The maximum Gasteiger partial charge on any atom is 0.276 e. The second-order valence-electron chi connectivity index (χ2n) is 6.34. The Hall–Kier alpha value is -3.57. The summed E-state index contributed by atoms with van der Waals surface area (Å²) in [5.74, 6) is 0.395. The lowest BCUT2D eigenvalue weighted by atomic mass is 10.1. The van der Waals surface area contributed by atoms with Crippen molar-refractivity contribution in [2.45, 2.75) is 6.73 Å². The van der Waals surface area contributed by atoms with E-state index < -0.39 is 0 Å². The van der Waals surface area contributed by atoms with Crippen LogP contribution in [0.1, 0.15) is 10.5 Å². The summed E-state index contributed by atoms with van der Waals surface area (Å²) in [6.45, 7) is 0.198. The van der Waals surface area contributed by atoms with Gasteiger partial charge in [0.1, 0.15) is 5.75 Å². The lowest BCUT2D eigenvalue weighted by Gasteiger charge is -2.08. The third kappa shape index (κ3) is 4.65. The summed E-state index contributed by atoms with van der Waals surface area (Å²) in [6.07, 6.45) is 1.69. The Morgan fingerprint density at radius 1 is 0.897 bits per heavy atom. The number of nitrogens with zero attached hydrogens (tertiary/aromatic N) is 2. The number of halogens is 1. The Bertz CT molecular complexity index is 1110. The molecule has 1 amide bonds. The van der Waals surface area contributed by atoms with E-state index in [1.165, 1.54) is 0 Å². The number of hydrogen-bond donors (Lipinski definition) is 1. The van der Waals surface area contributed by atoms with E-state index in [2.05, 4.69) is 22.5 Å². The minimum Gasteiger partial charge on any atom is -0.471 e. The number of benzene rings is 3. The third-order valence-electron chi connectivity index (χ3n) is 4.32. The monoisotopic (exact) mass is 403 g/mol. The van der Waals surface area contributed by atoms with Crippen molar-refractivity contribution in [3.8, 4) is 16.9 Å². The standard InChI is InChI=1S/C23H18ClN3O2/c24-20-8-4-5-9-21(20)25-23(28)22-14-15-27(26-22)16-29-19-12-10-18(11-13-19)17-6-2-1-3-7-17/h1-15H,16H2,(H,25,28). The Labute approximate surface area is 173 Å². The first-order chi connectivity index (χ1) is 14.2. The van der Waals surface area contributed by atoms with Crippen molar-refractivity contribution < 1.29 is 9.53 Å². The molecule has 1 N–H and O–H groups in total. The van der Waals surface area contributed by atoms with E-state index in [4.69, 9.17) is 16.3 Å². The van der Waals surface area contributed by atoms with Crippen LogP contribution in [-0.2, 0) is 6.73 Å². The van der Waals surface area contributed by atoms with Gasteiger partial charge < -0.3 is 10.1 Å². The number of hydrogen-bond acceptors (Lipinski definition) is 3. The van der Waals surface area contributed by atoms with E-state index in [9.17, 15) is 4.79 Å². The van der Waals surface area contributed by atoms with Gasteiger partial charge >= 0.3 is 0 Å². The topological polar surface area (TPSA) is 56.2 Å². The highest BCUT2D eigenvalue weighted by Gasteiger charge is 2.11. The molecular weight excluding hydrogens is 386 g/mol. The number of nitrogens with one attached hydrogen (secondary N) is 1. The SMILES string of the molecule is O=C(Nc1ccccc1Cl)c1ccn(COc2ccc(-c3ccccc3)cc2)n1. The molecule has 0 fully saturated rings. The highest BCUT2D eigenvalue weighted by Crippen LogP contribution is 2.23. The van der Waals surface area contributed by atoms with Crippen LogP contribution in [0, 0.1) is 0 Å².